The quantitative estimate of drug-likeness (QED) is 0.725. The normalized spacial score (nSPS) is 15.7. The van der Waals surface area contributed by atoms with E-state index < -0.39 is 23.7 Å². The minimum Gasteiger partial charge on any atom is -0.341 e. The molecule has 0 bridgehead atoms. The molecule has 0 saturated carbocycles. The molecule has 1 heterocycles. The van der Waals surface area contributed by atoms with Crippen molar-refractivity contribution >= 4 is 17.4 Å². The van der Waals surface area contributed by atoms with Gasteiger partial charge in [-0.3, -0.25) is 9.59 Å². The summed E-state index contributed by atoms with van der Waals surface area (Å²) in [5.74, 6) is -1.22. The van der Waals surface area contributed by atoms with Crippen LogP contribution in [-0.2, 0) is 16.0 Å². The maximum Gasteiger partial charge on any atom is 0.417 e. The first-order valence-corrected chi connectivity index (χ1v) is 9.82. The molecule has 0 aliphatic carbocycles. The molecule has 30 heavy (non-hydrogen) atoms. The predicted molar refractivity (Wildman–Crippen MR) is 108 cm³/mol. The highest BCUT2D eigenvalue weighted by Crippen LogP contribution is 2.33. The third kappa shape index (κ3) is 5.72. The number of carbonyl (C=O) groups is 2. The molecular weight excluding hydrogens is 393 g/mol. The minimum atomic E-state index is -4.70. The highest BCUT2D eigenvalue weighted by atomic mass is 19.4. The molecule has 0 aromatic heterocycles. The van der Waals surface area contributed by atoms with E-state index in [-0.39, 0.29) is 17.9 Å². The average Bonchev–Trinajstić information content (AvgIpc) is 3.26. The van der Waals surface area contributed by atoms with Gasteiger partial charge in [0.1, 0.15) is 6.04 Å². The van der Waals surface area contributed by atoms with Gasteiger partial charge in [0, 0.05) is 25.6 Å². The van der Waals surface area contributed by atoms with Gasteiger partial charge in [-0.25, -0.2) is 0 Å². The Morgan fingerprint density at radius 1 is 0.967 bits per heavy atom. The summed E-state index contributed by atoms with van der Waals surface area (Å²) in [5, 5.41) is 2.51. The first-order valence-electron chi connectivity index (χ1n) is 9.82. The smallest absolute Gasteiger partial charge is 0.341 e. The third-order valence-electron chi connectivity index (χ3n) is 4.98. The van der Waals surface area contributed by atoms with Gasteiger partial charge < -0.3 is 10.2 Å². The number of hydrogen-bond acceptors (Lipinski definition) is 2. The lowest BCUT2D eigenvalue weighted by atomic mass is 10.0. The van der Waals surface area contributed by atoms with Gasteiger partial charge in [0.15, 0.2) is 0 Å². The second-order valence-corrected chi connectivity index (χ2v) is 7.21. The van der Waals surface area contributed by atoms with Crippen molar-refractivity contribution in [3.8, 4) is 0 Å². The van der Waals surface area contributed by atoms with Crippen LogP contribution in [0.3, 0.4) is 0 Å². The van der Waals surface area contributed by atoms with E-state index in [1.165, 1.54) is 24.3 Å². The van der Waals surface area contributed by atoms with Crippen LogP contribution in [0.1, 0.15) is 24.0 Å². The first-order chi connectivity index (χ1) is 14.3. The summed E-state index contributed by atoms with van der Waals surface area (Å²) in [6.07, 6.45) is -2.20. The zero-order chi connectivity index (χ0) is 21.6. The molecule has 1 aliphatic rings. The molecule has 2 aromatic rings. The van der Waals surface area contributed by atoms with Gasteiger partial charge in [-0.1, -0.05) is 60.7 Å². The Morgan fingerprint density at radius 2 is 1.53 bits per heavy atom. The van der Waals surface area contributed by atoms with Crippen LogP contribution in [0.4, 0.5) is 13.2 Å². The molecule has 2 amide bonds. The molecule has 4 nitrogen and oxygen atoms in total. The molecule has 1 saturated heterocycles. The maximum atomic E-state index is 13.5. The van der Waals surface area contributed by atoms with Gasteiger partial charge >= 0.3 is 6.18 Å². The number of amides is 2. The second kappa shape index (κ2) is 9.61. The number of nitrogens with zero attached hydrogens (tertiary/aromatic N) is 1. The molecule has 1 fully saturated rings. The second-order valence-electron chi connectivity index (χ2n) is 7.21. The lowest BCUT2D eigenvalue weighted by Gasteiger charge is -2.24. The summed E-state index contributed by atoms with van der Waals surface area (Å²) in [5.41, 5.74) is -0.336. The molecule has 1 atom stereocenters. The fraction of sp³-hybridized carbons (Fsp3) is 0.304. The third-order valence-corrected chi connectivity index (χ3v) is 4.98. The van der Waals surface area contributed by atoms with Gasteiger partial charge in [-0.15, -0.1) is 0 Å². The first kappa shape index (κ1) is 21.6. The highest BCUT2D eigenvalue weighted by Gasteiger charge is 2.36. The van der Waals surface area contributed by atoms with E-state index in [9.17, 15) is 22.8 Å². The number of benzene rings is 2. The topological polar surface area (TPSA) is 49.4 Å². The number of alkyl halides is 3. The van der Waals surface area contributed by atoms with E-state index in [0.717, 1.165) is 18.4 Å². The van der Waals surface area contributed by atoms with Crippen molar-refractivity contribution in [1.82, 2.24) is 10.2 Å². The average molecular weight is 416 g/mol. The zero-order valence-corrected chi connectivity index (χ0v) is 16.4. The Bertz CT molecular complexity index is 890. The standard InChI is InChI=1S/C23H23F3N2O2/c24-23(25,26)19(18-11-5-2-6-12-18)16-21(29)27-20(15-17-9-3-1-4-10-17)22(30)28-13-7-8-14-28/h1-6,9-12,16,20H,7-8,13-15H2,(H,27,29)/b19-16-. The van der Waals surface area contributed by atoms with Gasteiger partial charge in [-0.05, 0) is 24.0 Å². The van der Waals surface area contributed by atoms with Crippen molar-refractivity contribution in [3.05, 3.63) is 77.9 Å². The van der Waals surface area contributed by atoms with E-state index in [1.54, 1.807) is 11.0 Å². The molecule has 0 radical (unpaired) electrons. The Morgan fingerprint density at radius 3 is 2.10 bits per heavy atom. The molecule has 0 spiro atoms. The Balaban J connectivity index is 1.83. The summed E-state index contributed by atoms with van der Waals surface area (Å²) in [7, 11) is 0. The number of allylic oxidation sites excluding steroid dienone is 1. The highest BCUT2D eigenvalue weighted by molar-refractivity contribution is 5.98. The molecule has 158 valence electrons. The molecule has 2 aromatic carbocycles. The van der Waals surface area contributed by atoms with Crippen LogP contribution < -0.4 is 5.32 Å². The number of carbonyl (C=O) groups excluding carboxylic acids is 2. The number of halogens is 3. The number of hydrogen-bond donors (Lipinski definition) is 1. The lowest BCUT2D eigenvalue weighted by molar-refractivity contribution is -0.134. The molecule has 1 unspecified atom stereocenters. The van der Waals surface area contributed by atoms with Crippen molar-refractivity contribution in [2.45, 2.75) is 31.5 Å². The summed E-state index contributed by atoms with van der Waals surface area (Å²) in [6.45, 7) is 1.18. The lowest BCUT2D eigenvalue weighted by Crippen LogP contribution is -2.48. The van der Waals surface area contributed by atoms with Crippen LogP contribution in [0.2, 0.25) is 0 Å². The molecular formula is C23H23F3N2O2. The molecule has 1 N–H and O–H groups in total. The Hall–Kier alpha value is -3.09. The fourth-order valence-corrected chi connectivity index (χ4v) is 3.50. The van der Waals surface area contributed by atoms with E-state index in [4.69, 9.17) is 0 Å². The monoisotopic (exact) mass is 416 g/mol. The number of rotatable bonds is 6. The molecule has 3 rings (SSSR count). The fourth-order valence-electron chi connectivity index (χ4n) is 3.50. The summed E-state index contributed by atoms with van der Waals surface area (Å²) in [6, 6.07) is 15.3. The van der Waals surface area contributed by atoms with E-state index in [2.05, 4.69) is 5.32 Å². The van der Waals surface area contributed by atoms with Crippen LogP contribution in [-0.4, -0.2) is 42.0 Å². The Labute approximate surface area is 173 Å². The summed E-state index contributed by atoms with van der Waals surface area (Å²) < 4.78 is 40.6. The molecule has 1 aliphatic heterocycles. The summed E-state index contributed by atoms with van der Waals surface area (Å²) in [4.78, 5) is 27.1. The zero-order valence-electron chi connectivity index (χ0n) is 16.4. The van der Waals surface area contributed by atoms with Crippen LogP contribution in [0.5, 0.6) is 0 Å². The van der Waals surface area contributed by atoms with Crippen LogP contribution >= 0.6 is 0 Å². The van der Waals surface area contributed by atoms with Crippen molar-refractivity contribution in [2.24, 2.45) is 0 Å². The van der Waals surface area contributed by atoms with Gasteiger partial charge in [0.2, 0.25) is 11.8 Å². The number of nitrogens with one attached hydrogen (secondary N) is 1. The van der Waals surface area contributed by atoms with E-state index >= 15 is 0 Å². The van der Waals surface area contributed by atoms with E-state index in [0.29, 0.717) is 19.2 Å². The van der Waals surface area contributed by atoms with Crippen molar-refractivity contribution in [3.63, 3.8) is 0 Å². The van der Waals surface area contributed by atoms with Gasteiger partial charge in [0.25, 0.3) is 0 Å². The minimum absolute atomic E-state index is 0.106. The van der Waals surface area contributed by atoms with Crippen LogP contribution in [0.25, 0.3) is 5.57 Å². The summed E-state index contributed by atoms with van der Waals surface area (Å²) >= 11 is 0. The van der Waals surface area contributed by atoms with Crippen molar-refractivity contribution in [2.75, 3.05) is 13.1 Å². The largest absolute Gasteiger partial charge is 0.417 e. The van der Waals surface area contributed by atoms with Gasteiger partial charge in [-0.2, -0.15) is 13.2 Å². The van der Waals surface area contributed by atoms with Crippen molar-refractivity contribution < 1.29 is 22.8 Å². The van der Waals surface area contributed by atoms with E-state index in [1.807, 2.05) is 30.3 Å². The maximum absolute atomic E-state index is 13.5. The Kier molecular flexibility index (Phi) is 6.92. The van der Waals surface area contributed by atoms with Crippen molar-refractivity contribution in [1.29, 1.82) is 0 Å². The molecule has 7 heteroatoms. The van der Waals surface area contributed by atoms with Crippen LogP contribution in [0.15, 0.2) is 66.7 Å². The van der Waals surface area contributed by atoms with Crippen LogP contribution in [0, 0.1) is 0 Å². The predicted octanol–water partition coefficient (Wildman–Crippen LogP) is 3.98. The van der Waals surface area contributed by atoms with Gasteiger partial charge in [0.05, 0.1) is 5.57 Å². The SMILES string of the molecule is O=C(/C=C(/c1ccccc1)C(F)(F)F)NC(Cc1ccccc1)C(=O)N1CCCC1. The number of likely N-dealkylation sites (tertiary alicyclic amines) is 1.